The standard InChI is InChI=1S/C19H23N7/c1-19(6-3-4-7-19)26-12-15(11-23-26)18-17-5-8-22-25(17)13-16(24-18)14(9-20)10-21-2/h5,8-13,20-21H,3-4,6-7H2,1-2H3/b14-10+,20-9?. The average molecular weight is 349 g/mol. The van der Waals surface area contributed by atoms with Crippen LogP contribution in [0.5, 0.6) is 0 Å². The van der Waals surface area contributed by atoms with Crippen LogP contribution in [-0.4, -0.2) is 37.6 Å². The second-order valence-corrected chi connectivity index (χ2v) is 7.05. The van der Waals surface area contributed by atoms with E-state index in [1.165, 1.54) is 19.1 Å². The third kappa shape index (κ3) is 2.69. The summed E-state index contributed by atoms with van der Waals surface area (Å²) in [7, 11) is 1.81. The van der Waals surface area contributed by atoms with Gasteiger partial charge in [0.2, 0.25) is 0 Å². The molecule has 0 amide bonds. The summed E-state index contributed by atoms with van der Waals surface area (Å²) >= 11 is 0. The first-order chi connectivity index (χ1) is 12.6. The molecule has 4 rings (SSSR count). The molecule has 134 valence electrons. The van der Waals surface area contributed by atoms with Crippen LogP contribution in [0.2, 0.25) is 0 Å². The van der Waals surface area contributed by atoms with Crippen LogP contribution in [0.25, 0.3) is 22.3 Å². The Balaban J connectivity index is 1.83. The lowest BCUT2D eigenvalue weighted by atomic mass is 10.0. The van der Waals surface area contributed by atoms with Crippen LogP contribution >= 0.6 is 0 Å². The van der Waals surface area contributed by atoms with Crippen molar-refractivity contribution in [3.63, 3.8) is 0 Å². The molecule has 1 aliphatic rings. The highest BCUT2D eigenvalue weighted by molar-refractivity contribution is 6.07. The second-order valence-electron chi connectivity index (χ2n) is 7.05. The number of hydrogen-bond acceptors (Lipinski definition) is 5. The Morgan fingerprint density at radius 2 is 2.08 bits per heavy atom. The molecule has 3 heterocycles. The fourth-order valence-electron chi connectivity index (χ4n) is 3.73. The van der Waals surface area contributed by atoms with Crippen molar-refractivity contribution in [2.75, 3.05) is 7.05 Å². The van der Waals surface area contributed by atoms with Crippen molar-refractivity contribution in [2.45, 2.75) is 38.1 Å². The van der Waals surface area contributed by atoms with Crippen LogP contribution in [0.15, 0.2) is 37.1 Å². The van der Waals surface area contributed by atoms with Crippen molar-refractivity contribution in [1.29, 1.82) is 5.41 Å². The summed E-state index contributed by atoms with van der Waals surface area (Å²) in [6.45, 7) is 2.28. The van der Waals surface area contributed by atoms with Gasteiger partial charge in [-0.05, 0) is 25.8 Å². The molecule has 0 aliphatic heterocycles. The minimum Gasteiger partial charge on any atom is -0.393 e. The molecule has 0 aromatic carbocycles. The maximum absolute atomic E-state index is 7.67. The fraction of sp³-hybridized carbons (Fsp3) is 0.368. The van der Waals surface area contributed by atoms with Gasteiger partial charge in [0.15, 0.2) is 0 Å². The largest absolute Gasteiger partial charge is 0.393 e. The first-order valence-electron chi connectivity index (χ1n) is 8.93. The molecule has 0 saturated heterocycles. The minimum atomic E-state index is 0.0958. The van der Waals surface area contributed by atoms with Gasteiger partial charge in [-0.25, -0.2) is 9.50 Å². The first kappa shape index (κ1) is 16.5. The van der Waals surface area contributed by atoms with Crippen LogP contribution in [0.1, 0.15) is 38.3 Å². The lowest BCUT2D eigenvalue weighted by Gasteiger charge is -2.24. The summed E-state index contributed by atoms with van der Waals surface area (Å²) in [6, 6.07) is 1.95. The third-order valence-corrected chi connectivity index (χ3v) is 5.23. The van der Waals surface area contributed by atoms with Crippen molar-refractivity contribution in [3.05, 3.63) is 42.7 Å². The Labute approximate surface area is 152 Å². The third-order valence-electron chi connectivity index (χ3n) is 5.23. The highest BCUT2D eigenvalue weighted by Gasteiger charge is 2.31. The fourth-order valence-corrected chi connectivity index (χ4v) is 3.73. The SMILES string of the molecule is CN/C=C(\C=N)c1cn2nccc2c(-c2cnn(C3(C)CCCC3)c2)n1. The molecule has 1 saturated carbocycles. The monoisotopic (exact) mass is 349 g/mol. The molecule has 2 N–H and O–H groups in total. The predicted molar refractivity (Wildman–Crippen MR) is 102 cm³/mol. The van der Waals surface area contributed by atoms with Crippen LogP contribution < -0.4 is 5.32 Å². The first-order valence-corrected chi connectivity index (χ1v) is 8.93. The number of rotatable bonds is 5. The second kappa shape index (κ2) is 6.40. The predicted octanol–water partition coefficient (Wildman–Crippen LogP) is 3.09. The van der Waals surface area contributed by atoms with Gasteiger partial charge in [0.1, 0.15) is 0 Å². The number of nitrogens with one attached hydrogen (secondary N) is 2. The van der Waals surface area contributed by atoms with Crippen molar-refractivity contribution in [3.8, 4) is 11.3 Å². The molecule has 1 aliphatic carbocycles. The van der Waals surface area contributed by atoms with E-state index in [1.54, 1.807) is 16.9 Å². The Morgan fingerprint density at radius 1 is 1.27 bits per heavy atom. The number of hydrogen-bond donors (Lipinski definition) is 2. The maximum Gasteiger partial charge on any atom is 0.0999 e. The van der Waals surface area contributed by atoms with Gasteiger partial charge in [0.05, 0.1) is 41.0 Å². The summed E-state index contributed by atoms with van der Waals surface area (Å²) in [4.78, 5) is 4.82. The Kier molecular flexibility index (Phi) is 4.06. The molecule has 1 fully saturated rings. The van der Waals surface area contributed by atoms with E-state index in [2.05, 4.69) is 33.3 Å². The van der Waals surface area contributed by atoms with E-state index >= 15 is 0 Å². The van der Waals surface area contributed by atoms with Gasteiger partial charge in [-0.1, -0.05) is 12.8 Å². The maximum atomic E-state index is 7.67. The molecular formula is C19H23N7. The van der Waals surface area contributed by atoms with Crippen LogP contribution in [-0.2, 0) is 5.54 Å². The van der Waals surface area contributed by atoms with E-state index in [0.29, 0.717) is 11.3 Å². The zero-order valence-corrected chi connectivity index (χ0v) is 15.1. The molecule has 3 aromatic rings. The van der Waals surface area contributed by atoms with E-state index in [4.69, 9.17) is 10.4 Å². The van der Waals surface area contributed by atoms with Gasteiger partial charge in [0.25, 0.3) is 0 Å². The number of nitrogens with zero attached hydrogens (tertiary/aromatic N) is 5. The Morgan fingerprint density at radius 3 is 2.81 bits per heavy atom. The van der Waals surface area contributed by atoms with Crippen molar-refractivity contribution in [2.24, 2.45) is 0 Å². The summed E-state index contributed by atoms with van der Waals surface area (Å²) in [5, 5.41) is 19.6. The average Bonchev–Trinajstić information content (AvgIpc) is 3.38. The van der Waals surface area contributed by atoms with Crippen LogP contribution in [0.4, 0.5) is 0 Å². The topological polar surface area (TPSA) is 83.9 Å². The summed E-state index contributed by atoms with van der Waals surface area (Å²) in [6.07, 6.45) is 15.5. The molecule has 26 heavy (non-hydrogen) atoms. The lowest BCUT2D eigenvalue weighted by molar-refractivity contribution is 0.296. The number of aromatic nitrogens is 5. The minimum absolute atomic E-state index is 0.0958. The van der Waals surface area contributed by atoms with E-state index in [-0.39, 0.29) is 5.54 Å². The highest BCUT2D eigenvalue weighted by Crippen LogP contribution is 2.36. The smallest absolute Gasteiger partial charge is 0.0999 e. The van der Waals surface area contributed by atoms with E-state index < -0.39 is 0 Å². The van der Waals surface area contributed by atoms with Crippen LogP contribution in [0.3, 0.4) is 0 Å². The summed E-state index contributed by atoms with van der Waals surface area (Å²) in [5.74, 6) is 0. The molecule has 7 nitrogen and oxygen atoms in total. The van der Waals surface area contributed by atoms with Crippen molar-refractivity contribution >= 4 is 17.3 Å². The van der Waals surface area contributed by atoms with E-state index in [0.717, 1.165) is 29.6 Å². The normalized spacial score (nSPS) is 16.9. The van der Waals surface area contributed by atoms with Gasteiger partial charge < -0.3 is 10.7 Å². The van der Waals surface area contributed by atoms with Gasteiger partial charge in [-0.15, -0.1) is 0 Å². The molecule has 3 aromatic heterocycles. The van der Waals surface area contributed by atoms with Gasteiger partial charge in [-0.3, -0.25) is 4.68 Å². The van der Waals surface area contributed by atoms with E-state index in [9.17, 15) is 0 Å². The quantitative estimate of drug-likeness (QED) is 0.693. The molecule has 0 bridgehead atoms. The van der Waals surface area contributed by atoms with E-state index in [1.807, 2.05) is 25.5 Å². The number of allylic oxidation sites excluding steroid dienone is 1. The molecular weight excluding hydrogens is 326 g/mol. The van der Waals surface area contributed by atoms with Crippen molar-refractivity contribution in [1.82, 2.24) is 29.7 Å². The summed E-state index contributed by atoms with van der Waals surface area (Å²) < 4.78 is 3.90. The zero-order chi connectivity index (χ0) is 18.1. The zero-order valence-electron chi connectivity index (χ0n) is 15.1. The van der Waals surface area contributed by atoms with Gasteiger partial charge >= 0.3 is 0 Å². The molecule has 0 unspecified atom stereocenters. The molecule has 0 atom stereocenters. The van der Waals surface area contributed by atoms with Gasteiger partial charge in [0, 0.05) is 36.8 Å². The number of fused-ring (bicyclic) bond motifs is 1. The molecule has 7 heteroatoms. The lowest BCUT2D eigenvalue weighted by Crippen LogP contribution is -2.26. The molecule has 0 radical (unpaired) electrons. The molecule has 0 spiro atoms. The summed E-state index contributed by atoms with van der Waals surface area (Å²) in [5.41, 5.74) is 4.22. The van der Waals surface area contributed by atoms with Crippen LogP contribution in [0, 0.1) is 5.41 Å². The Bertz CT molecular complexity index is 973. The Hall–Kier alpha value is -2.96. The van der Waals surface area contributed by atoms with Crippen molar-refractivity contribution < 1.29 is 0 Å². The highest BCUT2D eigenvalue weighted by atomic mass is 15.3. The van der Waals surface area contributed by atoms with Gasteiger partial charge in [-0.2, -0.15) is 10.2 Å².